The first-order valence-corrected chi connectivity index (χ1v) is 9.32. The first kappa shape index (κ1) is 26.5. The predicted octanol–water partition coefficient (Wildman–Crippen LogP) is 1.74. The second-order valence-electron chi connectivity index (χ2n) is 6.71. The molecular formula is C20H25F3N6O3. The number of aromatic nitrogens is 4. The van der Waals surface area contributed by atoms with Crippen LogP contribution in [-0.2, 0) is 12.6 Å². The Kier molecular flexibility index (Phi) is 9.75. The van der Waals surface area contributed by atoms with Crippen molar-refractivity contribution in [2.45, 2.75) is 25.9 Å². The predicted molar refractivity (Wildman–Crippen MR) is 115 cm³/mol. The van der Waals surface area contributed by atoms with Crippen molar-refractivity contribution in [2.75, 3.05) is 23.7 Å². The highest BCUT2D eigenvalue weighted by Gasteiger charge is 2.30. The Bertz CT molecular complexity index is 1020. The molecule has 0 aliphatic carbocycles. The molecule has 0 aliphatic rings. The van der Waals surface area contributed by atoms with Crippen molar-refractivity contribution < 1.29 is 24.1 Å². The summed E-state index contributed by atoms with van der Waals surface area (Å²) in [5.74, 6) is 0.725. The highest BCUT2D eigenvalue weighted by Crippen LogP contribution is 2.28. The minimum atomic E-state index is -4.40. The van der Waals surface area contributed by atoms with Gasteiger partial charge >= 0.3 is 6.18 Å². The van der Waals surface area contributed by atoms with Crippen LogP contribution in [0.2, 0.25) is 0 Å². The number of H-pyrrole nitrogens is 1. The maximum atomic E-state index is 12.5. The lowest BCUT2D eigenvalue weighted by molar-refractivity contribution is -0.137. The van der Waals surface area contributed by atoms with Crippen molar-refractivity contribution in [1.82, 2.24) is 19.9 Å². The normalized spacial score (nSPS) is 10.6. The minimum absolute atomic E-state index is 0. The molecule has 0 bridgehead atoms. The second-order valence-corrected chi connectivity index (χ2v) is 6.71. The molecule has 3 aromatic rings. The molecule has 3 aromatic heterocycles. The monoisotopic (exact) mass is 454 g/mol. The first-order chi connectivity index (χ1) is 14.3. The van der Waals surface area contributed by atoms with Gasteiger partial charge in [0.25, 0.3) is 5.56 Å². The zero-order valence-corrected chi connectivity index (χ0v) is 17.3. The van der Waals surface area contributed by atoms with Crippen LogP contribution in [0.15, 0.2) is 47.7 Å². The van der Waals surface area contributed by atoms with Crippen LogP contribution in [0.1, 0.15) is 28.8 Å². The zero-order valence-electron chi connectivity index (χ0n) is 17.3. The zero-order chi connectivity index (χ0) is 21.6. The Balaban J connectivity index is 0.00000256. The van der Waals surface area contributed by atoms with Crippen LogP contribution >= 0.6 is 0 Å². The molecule has 32 heavy (non-hydrogen) atoms. The number of hydrogen-bond acceptors (Lipinski definition) is 6. The molecule has 9 nitrogen and oxygen atoms in total. The van der Waals surface area contributed by atoms with Crippen LogP contribution < -0.4 is 16.2 Å². The molecule has 0 spiro atoms. The Morgan fingerprint density at radius 3 is 2.28 bits per heavy atom. The van der Waals surface area contributed by atoms with E-state index in [2.05, 4.69) is 30.6 Å². The summed E-state index contributed by atoms with van der Waals surface area (Å²) in [6, 6.07) is 6.08. The van der Waals surface area contributed by atoms with Crippen LogP contribution in [-0.4, -0.2) is 44.0 Å². The van der Waals surface area contributed by atoms with Gasteiger partial charge in [-0.2, -0.15) is 13.2 Å². The molecule has 0 saturated carbocycles. The summed E-state index contributed by atoms with van der Waals surface area (Å²) in [5.41, 5.74) is 1.37. The Morgan fingerprint density at radius 2 is 1.69 bits per heavy atom. The van der Waals surface area contributed by atoms with Gasteiger partial charge < -0.3 is 21.6 Å². The second kappa shape index (κ2) is 11.8. The number of nitrogens with one attached hydrogen (secondary N) is 3. The van der Waals surface area contributed by atoms with Gasteiger partial charge in [0.15, 0.2) is 0 Å². The SMILES string of the molecule is Cc1ccc(Cc2cnc(NCCCNc3ccc(C(F)(F)F)cn3)[nH]c2=O)cn1.O.O. The fraction of sp³-hybridized carbons (Fsp3) is 0.300. The fourth-order valence-electron chi connectivity index (χ4n) is 2.64. The van der Waals surface area contributed by atoms with Crippen molar-refractivity contribution in [3.63, 3.8) is 0 Å². The lowest BCUT2D eigenvalue weighted by Gasteiger charge is -2.09. The number of pyridine rings is 2. The summed E-state index contributed by atoms with van der Waals surface area (Å²) in [6.45, 7) is 2.90. The molecule has 0 aliphatic heterocycles. The molecule has 12 heteroatoms. The summed E-state index contributed by atoms with van der Waals surface area (Å²) in [7, 11) is 0. The molecule has 0 unspecified atom stereocenters. The number of hydrogen-bond donors (Lipinski definition) is 3. The molecule has 0 atom stereocenters. The van der Waals surface area contributed by atoms with Gasteiger partial charge in [0.1, 0.15) is 5.82 Å². The summed E-state index contributed by atoms with van der Waals surface area (Å²) < 4.78 is 37.5. The van der Waals surface area contributed by atoms with Gasteiger partial charge in [0, 0.05) is 49.4 Å². The average Bonchev–Trinajstić information content (AvgIpc) is 2.71. The van der Waals surface area contributed by atoms with Crippen LogP contribution in [0.5, 0.6) is 0 Å². The van der Waals surface area contributed by atoms with Crippen LogP contribution in [0.4, 0.5) is 24.9 Å². The molecule has 0 fully saturated rings. The Labute approximate surface area is 181 Å². The third kappa shape index (κ3) is 7.63. The molecule has 174 valence electrons. The third-order valence-electron chi connectivity index (χ3n) is 4.28. The summed E-state index contributed by atoms with van der Waals surface area (Å²) in [5, 5.41) is 5.96. The van der Waals surface area contributed by atoms with Crippen molar-refractivity contribution in [3.05, 3.63) is 75.6 Å². The first-order valence-electron chi connectivity index (χ1n) is 9.32. The Hall–Kier alpha value is -3.51. The van der Waals surface area contributed by atoms with Gasteiger partial charge in [-0.1, -0.05) is 6.07 Å². The van der Waals surface area contributed by atoms with E-state index in [0.29, 0.717) is 43.3 Å². The van der Waals surface area contributed by atoms with E-state index in [9.17, 15) is 18.0 Å². The van der Waals surface area contributed by atoms with Gasteiger partial charge in [-0.25, -0.2) is 9.97 Å². The number of aryl methyl sites for hydroxylation is 1. The van der Waals surface area contributed by atoms with Crippen molar-refractivity contribution in [2.24, 2.45) is 0 Å². The summed E-state index contributed by atoms with van der Waals surface area (Å²) >= 11 is 0. The maximum Gasteiger partial charge on any atom is 0.417 e. The standard InChI is InChI=1S/C20H21F3N6O.2H2O/c1-13-3-4-14(10-26-13)9-15-11-28-19(29-18(15)30)25-8-2-7-24-17-6-5-16(12-27-17)20(21,22)23;;/h3-6,10-12H,2,7-9H2,1H3,(H,24,27)(H2,25,28,29,30);2*1H2. The largest absolute Gasteiger partial charge is 0.417 e. The lowest BCUT2D eigenvalue weighted by atomic mass is 10.1. The molecular weight excluding hydrogens is 429 g/mol. The number of aromatic amines is 1. The van der Waals surface area contributed by atoms with Gasteiger partial charge in [-0.05, 0) is 37.1 Å². The van der Waals surface area contributed by atoms with Crippen LogP contribution in [0.3, 0.4) is 0 Å². The molecule has 0 saturated heterocycles. The lowest BCUT2D eigenvalue weighted by Crippen LogP contribution is -2.18. The van der Waals surface area contributed by atoms with E-state index in [1.807, 2.05) is 19.1 Å². The molecule has 0 radical (unpaired) electrons. The van der Waals surface area contributed by atoms with Gasteiger partial charge in [-0.3, -0.25) is 14.8 Å². The number of halogens is 3. The number of anilines is 2. The average molecular weight is 454 g/mol. The van der Waals surface area contributed by atoms with Crippen molar-refractivity contribution in [1.29, 1.82) is 0 Å². The number of nitrogens with zero attached hydrogens (tertiary/aromatic N) is 3. The number of rotatable bonds is 8. The molecule has 0 amide bonds. The Morgan fingerprint density at radius 1 is 0.938 bits per heavy atom. The van der Waals surface area contributed by atoms with Crippen molar-refractivity contribution >= 4 is 11.8 Å². The molecule has 3 heterocycles. The topological polar surface area (TPSA) is 159 Å². The molecule has 0 aromatic carbocycles. The van der Waals surface area contributed by atoms with E-state index >= 15 is 0 Å². The highest BCUT2D eigenvalue weighted by molar-refractivity contribution is 5.36. The smallest absolute Gasteiger partial charge is 0.412 e. The highest BCUT2D eigenvalue weighted by atomic mass is 19.4. The van der Waals surface area contributed by atoms with Gasteiger partial charge in [0.2, 0.25) is 5.95 Å². The van der Waals surface area contributed by atoms with E-state index in [1.165, 1.54) is 12.3 Å². The summed E-state index contributed by atoms with van der Waals surface area (Å²) in [4.78, 5) is 27.1. The van der Waals surface area contributed by atoms with Crippen LogP contribution in [0, 0.1) is 6.92 Å². The molecule has 7 N–H and O–H groups in total. The van der Waals surface area contributed by atoms with Crippen molar-refractivity contribution in [3.8, 4) is 0 Å². The minimum Gasteiger partial charge on any atom is -0.412 e. The summed E-state index contributed by atoms with van der Waals surface area (Å²) in [6.07, 6.45) is 0.753. The van der Waals surface area contributed by atoms with E-state index in [0.717, 1.165) is 23.5 Å². The maximum absolute atomic E-state index is 12.5. The number of alkyl halides is 3. The van der Waals surface area contributed by atoms with Gasteiger partial charge in [0.05, 0.1) is 5.56 Å². The van der Waals surface area contributed by atoms with E-state index < -0.39 is 11.7 Å². The van der Waals surface area contributed by atoms with Crippen LogP contribution in [0.25, 0.3) is 0 Å². The van der Waals surface area contributed by atoms with E-state index in [-0.39, 0.29) is 16.5 Å². The fourth-order valence-corrected chi connectivity index (χ4v) is 2.64. The van der Waals surface area contributed by atoms with E-state index in [4.69, 9.17) is 0 Å². The molecule has 3 rings (SSSR count). The quantitative estimate of drug-likeness (QED) is 0.440. The third-order valence-corrected chi connectivity index (χ3v) is 4.28. The van der Waals surface area contributed by atoms with Gasteiger partial charge in [-0.15, -0.1) is 0 Å². The van der Waals surface area contributed by atoms with E-state index in [1.54, 1.807) is 6.20 Å².